The number of amides is 6. The van der Waals surface area contributed by atoms with Crippen molar-refractivity contribution in [1.82, 2.24) is 35.3 Å². The van der Waals surface area contributed by atoms with Gasteiger partial charge >= 0.3 is 0 Å². The molecule has 16 nitrogen and oxygen atoms in total. The third-order valence-electron chi connectivity index (χ3n) is 13.1. The SMILES string of the molecule is CC1(N)CCN(c2cnc(Sc3cccc(NC(=O)/C=C/C(=O)N4CC5(CCN(CCCCCCC(=O)NCc6ccc7c(c6)CN(C6CCC(=O)NC6=O)C7=O)C5)C4)c3)cn2)CC1. The number of benzene rings is 2. The molecule has 0 saturated carbocycles. The van der Waals surface area contributed by atoms with E-state index in [1.54, 1.807) is 18.5 Å². The fourth-order valence-corrected chi connectivity index (χ4v) is 10.1. The van der Waals surface area contributed by atoms with Gasteiger partial charge in [0.05, 0.1) is 12.4 Å². The molecule has 1 spiro atoms. The summed E-state index contributed by atoms with van der Waals surface area (Å²) in [5, 5.41) is 8.93. The molecule has 6 amide bonds. The predicted molar refractivity (Wildman–Crippen MR) is 242 cm³/mol. The average Bonchev–Trinajstić information content (AvgIpc) is 3.84. The molecule has 8 rings (SSSR count). The molecular formula is C47H58N10O6S. The second kappa shape index (κ2) is 19.6. The first kappa shape index (κ1) is 44.9. The van der Waals surface area contributed by atoms with Gasteiger partial charge in [0.2, 0.25) is 29.5 Å². The first-order valence-electron chi connectivity index (χ1n) is 22.5. The van der Waals surface area contributed by atoms with Gasteiger partial charge in [-0.05, 0) is 93.9 Å². The lowest BCUT2D eigenvalue weighted by atomic mass is 9.79. The first-order valence-corrected chi connectivity index (χ1v) is 23.3. The zero-order chi connectivity index (χ0) is 44.8. The zero-order valence-corrected chi connectivity index (χ0v) is 37.3. The van der Waals surface area contributed by atoms with Crippen LogP contribution in [0.5, 0.6) is 0 Å². The molecule has 1 atom stereocenters. The second-order valence-electron chi connectivity index (χ2n) is 18.4. The van der Waals surface area contributed by atoms with E-state index in [1.165, 1.54) is 28.8 Å². The van der Waals surface area contributed by atoms with E-state index in [0.717, 1.165) is 105 Å². The maximum Gasteiger partial charge on any atom is 0.255 e. The number of hydrogen-bond acceptors (Lipinski definition) is 12. The van der Waals surface area contributed by atoms with E-state index < -0.39 is 11.9 Å². The minimum atomic E-state index is -0.652. The van der Waals surface area contributed by atoms with Crippen molar-refractivity contribution in [3.05, 3.63) is 83.7 Å². The van der Waals surface area contributed by atoms with E-state index >= 15 is 0 Å². The van der Waals surface area contributed by atoms with Gasteiger partial charge in [-0.2, -0.15) is 0 Å². The summed E-state index contributed by atoms with van der Waals surface area (Å²) in [4.78, 5) is 93.3. The topological polar surface area (TPSA) is 203 Å². The molecule has 0 aliphatic carbocycles. The van der Waals surface area contributed by atoms with Crippen LogP contribution in [-0.2, 0) is 37.1 Å². The van der Waals surface area contributed by atoms with Crippen molar-refractivity contribution >= 4 is 58.7 Å². The fourth-order valence-electron chi connectivity index (χ4n) is 9.36. The Morgan fingerprint density at radius 1 is 0.938 bits per heavy atom. The Labute approximate surface area is 378 Å². The molecule has 3 aromatic rings. The molecule has 5 aliphatic heterocycles. The zero-order valence-electron chi connectivity index (χ0n) is 36.5. The Hall–Kier alpha value is -5.65. The van der Waals surface area contributed by atoms with E-state index in [0.29, 0.717) is 50.3 Å². The maximum absolute atomic E-state index is 13.0. The number of fused-ring (bicyclic) bond motifs is 1. The van der Waals surface area contributed by atoms with Gasteiger partial charge in [-0.15, -0.1) is 0 Å². The van der Waals surface area contributed by atoms with Crippen LogP contribution in [0.15, 0.2) is 76.9 Å². The molecular weight excluding hydrogens is 833 g/mol. The molecule has 17 heteroatoms. The maximum atomic E-state index is 13.0. The van der Waals surface area contributed by atoms with Gasteiger partial charge in [-0.3, -0.25) is 34.1 Å². The number of likely N-dealkylation sites (tertiary alicyclic amines) is 2. The summed E-state index contributed by atoms with van der Waals surface area (Å²) in [5.41, 5.74) is 9.15. The Balaban J connectivity index is 0.673. The number of imide groups is 1. The van der Waals surface area contributed by atoms with Crippen LogP contribution < -0.4 is 26.6 Å². The number of aromatic nitrogens is 2. The van der Waals surface area contributed by atoms with Crippen LogP contribution >= 0.6 is 11.8 Å². The Bertz CT molecular complexity index is 2290. The summed E-state index contributed by atoms with van der Waals surface area (Å²) < 4.78 is 0. The first-order chi connectivity index (χ1) is 30.8. The van der Waals surface area contributed by atoms with Crippen molar-refractivity contribution in [2.75, 3.05) is 56.0 Å². The third kappa shape index (κ3) is 11.2. The number of nitrogens with two attached hydrogens (primary N) is 1. The van der Waals surface area contributed by atoms with Crippen LogP contribution in [-0.4, -0.2) is 118 Å². The van der Waals surface area contributed by atoms with Gasteiger partial charge < -0.3 is 36.0 Å². The summed E-state index contributed by atoms with van der Waals surface area (Å²) >= 11 is 1.46. The van der Waals surface area contributed by atoms with E-state index in [-0.39, 0.29) is 46.9 Å². The highest BCUT2D eigenvalue weighted by atomic mass is 32.2. The molecule has 4 saturated heterocycles. The Morgan fingerprint density at radius 3 is 2.53 bits per heavy atom. The van der Waals surface area contributed by atoms with Gasteiger partial charge in [-0.1, -0.05) is 42.8 Å². The number of piperidine rings is 2. The standard InChI is InChI=1S/C47H58N10O6S/c1-46(48)16-21-55(22-17-46)38-26-51-42(27-49-38)64-35-8-6-7-34(24-35)52-40(59)14-15-43(61)56-30-47(31-56)18-20-54(29-47)19-5-3-2-4-9-39(58)50-25-32-10-11-36-33(23-32)28-57(45(36)63)37-12-13-41(60)53-44(37)62/h6-8,10-11,14-15,23-24,26-27,37H,2-5,9,12-13,16-22,25,28-31,48H2,1H3,(H,50,58)(H,52,59)(H,53,60,62)/b15-14+. The van der Waals surface area contributed by atoms with Crippen molar-refractivity contribution in [3.8, 4) is 0 Å². The van der Waals surface area contributed by atoms with E-state index in [1.807, 2.05) is 41.3 Å². The Kier molecular flexibility index (Phi) is 13.8. The second-order valence-corrected chi connectivity index (χ2v) is 19.5. The van der Waals surface area contributed by atoms with Gasteiger partial charge in [0, 0.05) is 97.9 Å². The molecule has 0 bridgehead atoms. The fraction of sp³-hybridized carbons (Fsp3) is 0.489. The number of nitrogens with zero attached hydrogens (tertiary/aromatic N) is 6. The lowest BCUT2D eigenvalue weighted by molar-refractivity contribution is -0.138. The normalized spacial score (nSPS) is 20.4. The average molecular weight is 891 g/mol. The van der Waals surface area contributed by atoms with Crippen LogP contribution in [0.25, 0.3) is 0 Å². The monoisotopic (exact) mass is 890 g/mol. The minimum absolute atomic E-state index is 0.00861. The van der Waals surface area contributed by atoms with E-state index in [2.05, 4.69) is 42.6 Å². The van der Waals surface area contributed by atoms with Crippen molar-refractivity contribution < 1.29 is 28.8 Å². The summed E-state index contributed by atoms with van der Waals surface area (Å²) in [5.74, 6) is -0.639. The van der Waals surface area contributed by atoms with E-state index in [4.69, 9.17) is 5.73 Å². The van der Waals surface area contributed by atoms with Crippen LogP contribution in [0, 0.1) is 5.41 Å². The Morgan fingerprint density at radius 2 is 1.75 bits per heavy atom. The molecule has 1 aromatic heterocycles. The van der Waals surface area contributed by atoms with Crippen molar-refractivity contribution in [1.29, 1.82) is 0 Å². The molecule has 0 radical (unpaired) electrons. The molecule has 338 valence electrons. The van der Waals surface area contributed by atoms with Gasteiger partial charge in [0.15, 0.2) is 0 Å². The van der Waals surface area contributed by atoms with Gasteiger partial charge in [-0.25, -0.2) is 9.97 Å². The van der Waals surface area contributed by atoms with Crippen molar-refractivity contribution in [2.24, 2.45) is 11.1 Å². The van der Waals surface area contributed by atoms with Gasteiger partial charge in [0.1, 0.15) is 16.9 Å². The highest BCUT2D eigenvalue weighted by molar-refractivity contribution is 7.99. The van der Waals surface area contributed by atoms with Crippen molar-refractivity contribution in [2.45, 2.75) is 106 Å². The molecule has 2 aromatic carbocycles. The molecule has 64 heavy (non-hydrogen) atoms. The summed E-state index contributed by atoms with van der Waals surface area (Å²) in [7, 11) is 0. The molecule has 5 N–H and O–H groups in total. The number of rotatable bonds is 16. The highest BCUT2D eigenvalue weighted by Crippen LogP contribution is 2.40. The smallest absolute Gasteiger partial charge is 0.255 e. The molecule has 5 aliphatic rings. The highest BCUT2D eigenvalue weighted by Gasteiger charge is 2.48. The van der Waals surface area contributed by atoms with E-state index in [9.17, 15) is 28.8 Å². The number of hydrogen-bond donors (Lipinski definition) is 4. The number of carbonyl (C=O) groups is 6. The lowest BCUT2D eigenvalue weighted by Gasteiger charge is -2.47. The number of carbonyl (C=O) groups excluding carboxylic acids is 6. The number of unbranched alkanes of at least 4 members (excludes halogenated alkanes) is 3. The van der Waals surface area contributed by atoms with Crippen LogP contribution in [0.4, 0.5) is 11.5 Å². The lowest BCUT2D eigenvalue weighted by Crippen LogP contribution is -2.59. The molecule has 4 fully saturated rings. The minimum Gasteiger partial charge on any atom is -0.355 e. The summed E-state index contributed by atoms with van der Waals surface area (Å²) in [6, 6.07) is 12.3. The number of nitrogens with one attached hydrogen (secondary N) is 3. The summed E-state index contributed by atoms with van der Waals surface area (Å²) in [6.45, 7) is 8.84. The molecule has 1 unspecified atom stereocenters. The third-order valence-corrected chi connectivity index (χ3v) is 14.0. The largest absolute Gasteiger partial charge is 0.355 e. The predicted octanol–water partition coefficient (Wildman–Crippen LogP) is 4.00. The number of anilines is 2. The molecule has 6 heterocycles. The van der Waals surface area contributed by atoms with Crippen LogP contribution in [0.3, 0.4) is 0 Å². The van der Waals surface area contributed by atoms with Crippen LogP contribution in [0.2, 0.25) is 0 Å². The quantitative estimate of drug-likeness (QED) is 0.0917. The van der Waals surface area contributed by atoms with Crippen LogP contribution in [0.1, 0.15) is 92.6 Å². The van der Waals surface area contributed by atoms with Crippen molar-refractivity contribution in [3.63, 3.8) is 0 Å². The van der Waals surface area contributed by atoms with Gasteiger partial charge in [0.25, 0.3) is 5.91 Å². The summed E-state index contributed by atoms with van der Waals surface area (Å²) in [6.07, 6.45) is 14.0.